The first kappa shape index (κ1) is 12.7. The molecule has 0 bridgehead atoms. The molecule has 0 atom stereocenters. The van der Waals surface area contributed by atoms with Gasteiger partial charge in [-0.1, -0.05) is 23.7 Å². The molecule has 9 heteroatoms. The lowest BCUT2D eigenvalue weighted by Gasteiger charge is -1.97. The van der Waals surface area contributed by atoms with Crippen LogP contribution in [0.25, 0.3) is 11.3 Å². The van der Waals surface area contributed by atoms with Crippen molar-refractivity contribution in [3.05, 3.63) is 40.5 Å². The Hall–Kier alpha value is -2.32. The molecule has 0 aliphatic rings. The Kier molecular flexibility index (Phi) is 3.40. The predicted octanol–water partition coefficient (Wildman–Crippen LogP) is 2.23. The number of H-pyrrole nitrogens is 1. The summed E-state index contributed by atoms with van der Waals surface area (Å²) in [7, 11) is 0. The van der Waals surface area contributed by atoms with E-state index in [4.69, 9.17) is 11.6 Å². The minimum absolute atomic E-state index is 0.0340. The van der Waals surface area contributed by atoms with Crippen LogP contribution in [0.5, 0.6) is 0 Å². The number of amides is 1. The van der Waals surface area contributed by atoms with Crippen molar-refractivity contribution in [2.24, 2.45) is 0 Å². The zero-order valence-corrected chi connectivity index (χ0v) is 11.4. The van der Waals surface area contributed by atoms with Gasteiger partial charge in [-0.25, -0.2) is 4.98 Å². The summed E-state index contributed by atoms with van der Waals surface area (Å²) in [4.78, 5) is 16.0. The first-order valence-electron chi connectivity index (χ1n) is 5.48. The van der Waals surface area contributed by atoms with Crippen LogP contribution in [0.1, 0.15) is 10.6 Å². The van der Waals surface area contributed by atoms with Gasteiger partial charge in [0, 0.05) is 16.0 Å². The van der Waals surface area contributed by atoms with Crippen LogP contribution in [0.15, 0.2) is 29.6 Å². The monoisotopic (exact) mass is 306 g/mol. The summed E-state index contributed by atoms with van der Waals surface area (Å²) in [6.07, 6.45) is 0. The number of halogens is 1. The molecule has 3 rings (SSSR count). The molecule has 0 aliphatic heterocycles. The number of benzene rings is 1. The smallest absolute Gasteiger partial charge is 0.295 e. The van der Waals surface area contributed by atoms with Crippen molar-refractivity contribution in [1.82, 2.24) is 25.6 Å². The van der Waals surface area contributed by atoms with Crippen LogP contribution in [-0.2, 0) is 0 Å². The summed E-state index contributed by atoms with van der Waals surface area (Å²) >= 11 is 7.14. The molecule has 20 heavy (non-hydrogen) atoms. The Labute approximate surface area is 122 Å². The highest BCUT2D eigenvalue weighted by molar-refractivity contribution is 7.14. The molecule has 0 radical (unpaired) electrons. The highest BCUT2D eigenvalue weighted by Crippen LogP contribution is 2.26. The van der Waals surface area contributed by atoms with Crippen molar-refractivity contribution in [2.75, 3.05) is 5.32 Å². The minimum Gasteiger partial charge on any atom is -0.295 e. The summed E-state index contributed by atoms with van der Waals surface area (Å²) in [5.41, 5.74) is 1.68. The third-order valence-corrected chi connectivity index (χ3v) is 3.42. The van der Waals surface area contributed by atoms with E-state index in [9.17, 15) is 4.79 Å². The largest absolute Gasteiger partial charge is 0.299 e. The fourth-order valence-corrected chi connectivity index (χ4v) is 2.34. The van der Waals surface area contributed by atoms with Gasteiger partial charge in [-0.2, -0.15) is 5.21 Å². The topological polar surface area (TPSA) is 96.5 Å². The zero-order valence-electron chi connectivity index (χ0n) is 9.87. The first-order valence-corrected chi connectivity index (χ1v) is 6.74. The van der Waals surface area contributed by atoms with Gasteiger partial charge in [0.1, 0.15) is 0 Å². The number of carbonyl (C=O) groups is 1. The summed E-state index contributed by atoms with van der Waals surface area (Å²) in [6, 6.07) is 7.30. The van der Waals surface area contributed by atoms with Crippen molar-refractivity contribution in [3.63, 3.8) is 0 Å². The van der Waals surface area contributed by atoms with E-state index < -0.39 is 5.91 Å². The van der Waals surface area contributed by atoms with E-state index in [2.05, 4.69) is 30.9 Å². The van der Waals surface area contributed by atoms with Crippen molar-refractivity contribution >= 4 is 34.0 Å². The maximum Gasteiger partial charge on any atom is 0.299 e. The van der Waals surface area contributed by atoms with E-state index >= 15 is 0 Å². The van der Waals surface area contributed by atoms with Crippen molar-refractivity contribution in [3.8, 4) is 11.3 Å². The molecule has 1 amide bonds. The fourth-order valence-electron chi connectivity index (χ4n) is 1.50. The van der Waals surface area contributed by atoms with Gasteiger partial charge < -0.3 is 0 Å². The number of hydrogen-bond donors (Lipinski definition) is 2. The number of aromatic amines is 1. The predicted molar refractivity (Wildman–Crippen MR) is 74.7 cm³/mol. The van der Waals surface area contributed by atoms with Crippen LogP contribution in [0.4, 0.5) is 5.13 Å². The van der Waals surface area contributed by atoms with Crippen molar-refractivity contribution in [2.45, 2.75) is 0 Å². The number of thiazole rings is 1. The summed E-state index contributed by atoms with van der Waals surface area (Å²) in [5.74, 6) is -0.496. The fraction of sp³-hybridized carbons (Fsp3) is 0. The minimum atomic E-state index is -0.462. The standard InChI is InChI=1S/C11H7ClN6OS/c12-7-3-1-6(2-4-7)8-5-20-11(13-8)14-10(19)9-15-17-18-16-9/h1-5H,(H,13,14,19)(H,15,16,17,18). The molecule has 0 saturated carbocycles. The van der Waals surface area contributed by atoms with Gasteiger partial charge in [0.15, 0.2) is 5.13 Å². The molecule has 0 saturated heterocycles. The molecule has 1 aromatic carbocycles. The number of carbonyl (C=O) groups excluding carboxylic acids is 1. The number of rotatable bonds is 3. The molecule has 0 spiro atoms. The second kappa shape index (κ2) is 5.35. The second-order valence-corrected chi connectivity index (χ2v) is 5.03. The number of nitrogens with one attached hydrogen (secondary N) is 2. The number of nitrogens with zero attached hydrogens (tertiary/aromatic N) is 4. The van der Waals surface area contributed by atoms with Gasteiger partial charge in [0.05, 0.1) is 5.69 Å². The van der Waals surface area contributed by atoms with Gasteiger partial charge in [-0.05, 0) is 17.3 Å². The van der Waals surface area contributed by atoms with Crippen LogP contribution in [0.2, 0.25) is 5.02 Å². The third-order valence-electron chi connectivity index (χ3n) is 2.41. The average molecular weight is 307 g/mol. The van der Waals surface area contributed by atoms with Crippen molar-refractivity contribution < 1.29 is 4.79 Å². The van der Waals surface area contributed by atoms with Crippen molar-refractivity contribution in [1.29, 1.82) is 0 Å². The number of anilines is 1. The number of aromatic nitrogens is 5. The maximum atomic E-state index is 11.7. The molecule has 0 unspecified atom stereocenters. The highest BCUT2D eigenvalue weighted by atomic mass is 35.5. The van der Waals surface area contributed by atoms with Crippen LogP contribution >= 0.6 is 22.9 Å². The van der Waals surface area contributed by atoms with E-state index in [0.717, 1.165) is 11.3 Å². The molecule has 2 heterocycles. The van der Waals surface area contributed by atoms with Gasteiger partial charge in [0.2, 0.25) is 0 Å². The summed E-state index contributed by atoms with van der Waals surface area (Å²) in [6.45, 7) is 0. The SMILES string of the molecule is O=C(Nc1nc(-c2ccc(Cl)cc2)cs1)c1nn[nH]n1. The molecule has 0 aliphatic carbocycles. The lowest BCUT2D eigenvalue weighted by atomic mass is 10.2. The van der Waals surface area contributed by atoms with E-state index in [-0.39, 0.29) is 5.82 Å². The molecular formula is C11H7ClN6OS. The Morgan fingerprint density at radius 3 is 2.80 bits per heavy atom. The van der Waals surface area contributed by atoms with E-state index in [0.29, 0.717) is 10.2 Å². The number of hydrogen-bond acceptors (Lipinski definition) is 6. The summed E-state index contributed by atoms with van der Waals surface area (Å²) < 4.78 is 0. The zero-order chi connectivity index (χ0) is 13.9. The molecule has 100 valence electrons. The molecule has 7 nitrogen and oxygen atoms in total. The average Bonchev–Trinajstić information content (AvgIpc) is 3.10. The van der Waals surface area contributed by atoms with Crippen LogP contribution in [0, 0.1) is 0 Å². The Morgan fingerprint density at radius 2 is 2.10 bits per heavy atom. The molecule has 3 aromatic rings. The van der Waals surface area contributed by atoms with Gasteiger partial charge in [-0.3, -0.25) is 10.1 Å². The van der Waals surface area contributed by atoms with Gasteiger partial charge in [0.25, 0.3) is 11.7 Å². The Morgan fingerprint density at radius 1 is 1.30 bits per heavy atom. The van der Waals surface area contributed by atoms with E-state index in [1.165, 1.54) is 11.3 Å². The quantitative estimate of drug-likeness (QED) is 0.773. The van der Waals surface area contributed by atoms with Crippen LogP contribution in [0.3, 0.4) is 0 Å². The molecule has 2 N–H and O–H groups in total. The normalized spacial score (nSPS) is 10.4. The van der Waals surface area contributed by atoms with Crippen LogP contribution < -0.4 is 5.32 Å². The molecule has 2 aromatic heterocycles. The lowest BCUT2D eigenvalue weighted by Crippen LogP contribution is -2.13. The Balaban J connectivity index is 1.77. The van der Waals surface area contributed by atoms with Gasteiger partial charge >= 0.3 is 0 Å². The van der Waals surface area contributed by atoms with Crippen LogP contribution in [-0.4, -0.2) is 31.5 Å². The van der Waals surface area contributed by atoms with E-state index in [1.807, 2.05) is 17.5 Å². The lowest BCUT2D eigenvalue weighted by molar-refractivity contribution is 0.101. The third kappa shape index (κ3) is 2.65. The second-order valence-electron chi connectivity index (χ2n) is 3.73. The Bertz CT molecular complexity index is 724. The molecule has 0 fully saturated rings. The van der Waals surface area contributed by atoms with Gasteiger partial charge in [-0.15, -0.1) is 21.5 Å². The molecular weight excluding hydrogens is 300 g/mol. The summed E-state index contributed by atoms with van der Waals surface area (Å²) in [5, 5.41) is 18.3. The highest BCUT2D eigenvalue weighted by Gasteiger charge is 2.13. The number of tetrazole rings is 1. The van der Waals surface area contributed by atoms with E-state index in [1.54, 1.807) is 12.1 Å². The first-order chi connectivity index (χ1) is 9.72. The maximum absolute atomic E-state index is 11.7.